The highest BCUT2D eigenvalue weighted by Crippen LogP contribution is 2.26. The van der Waals surface area contributed by atoms with E-state index in [1.54, 1.807) is 0 Å². The summed E-state index contributed by atoms with van der Waals surface area (Å²) in [6, 6.07) is 0.249. The average molecular weight is 158 g/mol. The molecule has 0 aromatic rings. The maximum Gasteiger partial charge on any atom is 0.0489 e. The van der Waals surface area contributed by atoms with E-state index in [0.29, 0.717) is 0 Å². The molecule has 2 heteroatoms. The van der Waals surface area contributed by atoms with E-state index in [0.717, 1.165) is 0 Å². The van der Waals surface area contributed by atoms with Gasteiger partial charge in [-0.1, -0.05) is 38.2 Å². The van der Waals surface area contributed by atoms with Gasteiger partial charge >= 0.3 is 0 Å². The smallest absolute Gasteiger partial charge is 0.0489 e. The molecule has 0 radical (unpaired) electrons. The van der Waals surface area contributed by atoms with Crippen molar-refractivity contribution in [2.75, 3.05) is 0 Å². The molecular weight excluding hydrogens is 146 g/mol. The van der Waals surface area contributed by atoms with Crippen LogP contribution in [0.4, 0.5) is 0 Å². The highest BCUT2D eigenvalue weighted by atomic mass is 35.5. The third kappa shape index (κ3) is 1.41. The van der Waals surface area contributed by atoms with Crippen LogP contribution >= 0.6 is 11.8 Å². The lowest BCUT2D eigenvalue weighted by Crippen LogP contribution is -2.35. The number of hydrogen-bond acceptors (Lipinski definition) is 1. The van der Waals surface area contributed by atoms with Crippen LogP contribution in [0.25, 0.3) is 0 Å². The van der Waals surface area contributed by atoms with Crippen molar-refractivity contribution < 1.29 is 0 Å². The molecule has 1 N–H and O–H groups in total. The van der Waals surface area contributed by atoms with Crippen LogP contribution in [-0.4, -0.2) is 6.04 Å². The molecule has 0 aliphatic heterocycles. The Morgan fingerprint density at radius 3 is 2.50 bits per heavy atom. The van der Waals surface area contributed by atoms with Crippen LogP contribution < -0.4 is 4.84 Å². The molecule has 1 aliphatic carbocycles. The van der Waals surface area contributed by atoms with E-state index in [9.17, 15) is 0 Å². The first-order chi connectivity index (χ1) is 4.67. The van der Waals surface area contributed by atoms with Gasteiger partial charge in [0.1, 0.15) is 0 Å². The van der Waals surface area contributed by atoms with Crippen molar-refractivity contribution in [2.45, 2.75) is 19.9 Å². The summed E-state index contributed by atoms with van der Waals surface area (Å²) in [5.41, 5.74) is 0.135. The van der Waals surface area contributed by atoms with Gasteiger partial charge in [-0.2, -0.15) is 0 Å². The number of hydrogen-bond donors (Lipinski definition) is 1. The largest absolute Gasteiger partial charge is 0.226 e. The van der Waals surface area contributed by atoms with Crippen molar-refractivity contribution in [3.63, 3.8) is 0 Å². The van der Waals surface area contributed by atoms with Crippen LogP contribution in [0.2, 0.25) is 0 Å². The molecule has 1 aliphatic rings. The molecule has 1 unspecified atom stereocenters. The fraction of sp³-hybridized carbons (Fsp3) is 0.500. The molecule has 0 aromatic heterocycles. The van der Waals surface area contributed by atoms with E-state index in [4.69, 9.17) is 11.8 Å². The minimum atomic E-state index is 0.135. The summed E-state index contributed by atoms with van der Waals surface area (Å²) in [6.45, 7) is 4.29. The topological polar surface area (TPSA) is 12.0 Å². The lowest BCUT2D eigenvalue weighted by molar-refractivity contribution is 0.400. The second-order valence-corrected chi connectivity index (χ2v) is 3.37. The Bertz CT molecular complexity index is 170. The molecule has 0 aromatic carbocycles. The molecule has 0 amide bonds. The van der Waals surface area contributed by atoms with Crippen LogP contribution in [-0.2, 0) is 0 Å². The first-order valence-electron chi connectivity index (χ1n) is 3.39. The Balaban J connectivity index is 2.74. The van der Waals surface area contributed by atoms with E-state index in [1.807, 2.05) is 12.2 Å². The third-order valence-corrected chi connectivity index (χ3v) is 2.09. The first kappa shape index (κ1) is 7.83. The normalized spacial score (nSPS) is 28.9. The summed E-state index contributed by atoms with van der Waals surface area (Å²) < 4.78 is 0. The minimum Gasteiger partial charge on any atom is -0.226 e. The Hall–Kier alpha value is -0.270. The highest BCUT2D eigenvalue weighted by molar-refractivity contribution is 6.13. The minimum absolute atomic E-state index is 0.135. The molecule has 0 bridgehead atoms. The van der Waals surface area contributed by atoms with Gasteiger partial charge in [-0.05, 0) is 11.8 Å². The molecular formula is C8H12ClN. The van der Waals surface area contributed by atoms with Crippen LogP contribution in [0, 0.1) is 5.41 Å². The van der Waals surface area contributed by atoms with E-state index >= 15 is 0 Å². The van der Waals surface area contributed by atoms with Crippen molar-refractivity contribution in [1.82, 2.24) is 4.84 Å². The summed E-state index contributed by atoms with van der Waals surface area (Å²) in [7, 11) is 0. The molecule has 10 heavy (non-hydrogen) atoms. The summed E-state index contributed by atoms with van der Waals surface area (Å²) in [5, 5.41) is 0. The van der Waals surface area contributed by atoms with Crippen molar-refractivity contribution in [3.05, 3.63) is 24.3 Å². The molecule has 1 atom stereocenters. The van der Waals surface area contributed by atoms with Gasteiger partial charge in [-0.3, -0.25) is 0 Å². The molecule has 0 heterocycles. The lowest BCUT2D eigenvalue weighted by atomic mass is 9.82. The van der Waals surface area contributed by atoms with Gasteiger partial charge in [0.15, 0.2) is 0 Å². The van der Waals surface area contributed by atoms with E-state index in [-0.39, 0.29) is 11.5 Å². The van der Waals surface area contributed by atoms with Crippen LogP contribution in [0.3, 0.4) is 0 Å². The molecule has 0 saturated heterocycles. The summed E-state index contributed by atoms with van der Waals surface area (Å²) in [6.07, 6.45) is 8.26. The summed E-state index contributed by atoms with van der Waals surface area (Å²) in [4.78, 5) is 2.73. The SMILES string of the molecule is CC1(C)C=CC=CC1NCl. The highest BCUT2D eigenvalue weighted by Gasteiger charge is 2.24. The van der Waals surface area contributed by atoms with Gasteiger partial charge in [-0.15, -0.1) is 0 Å². The zero-order valence-corrected chi connectivity index (χ0v) is 7.02. The van der Waals surface area contributed by atoms with Gasteiger partial charge in [0.05, 0.1) is 0 Å². The Labute approximate surface area is 66.9 Å². The maximum absolute atomic E-state index is 5.53. The van der Waals surface area contributed by atoms with Gasteiger partial charge in [0.2, 0.25) is 0 Å². The third-order valence-electron chi connectivity index (χ3n) is 1.86. The van der Waals surface area contributed by atoms with Crippen LogP contribution in [0.15, 0.2) is 24.3 Å². The molecule has 0 spiro atoms. The molecule has 0 fully saturated rings. The fourth-order valence-corrected chi connectivity index (χ4v) is 1.36. The van der Waals surface area contributed by atoms with E-state index in [2.05, 4.69) is 30.8 Å². The summed E-state index contributed by atoms with van der Waals surface area (Å²) in [5.74, 6) is 0. The van der Waals surface area contributed by atoms with Crippen LogP contribution in [0.1, 0.15) is 13.8 Å². The zero-order chi connectivity index (χ0) is 7.61. The van der Waals surface area contributed by atoms with Gasteiger partial charge in [0.25, 0.3) is 0 Å². The number of allylic oxidation sites excluding steroid dienone is 2. The van der Waals surface area contributed by atoms with Crippen molar-refractivity contribution in [2.24, 2.45) is 5.41 Å². The fourth-order valence-electron chi connectivity index (χ4n) is 1.01. The predicted octanol–water partition coefficient (Wildman–Crippen LogP) is 2.25. The van der Waals surface area contributed by atoms with E-state index < -0.39 is 0 Å². The number of halogens is 1. The Kier molecular flexibility index (Phi) is 2.17. The second kappa shape index (κ2) is 2.77. The van der Waals surface area contributed by atoms with Gasteiger partial charge in [0, 0.05) is 11.5 Å². The second-order valence-electron chi connectivity index (χ2n) is 3.15. The maximum atomic E-state index is 5.53. The Morgan fingerprint density at radius 1 is 1.40 bits per heavy atom. The summed E-state index contributed by atoms with van der Waals surface area (Å²) >= 11 is 5.53. The molecule has 0 saturated carbocycles. The van der Waals surface area contributed by atoms with E-state index in [1.165, 1.54) is 0 Å². The zero-order valence-electron chi connectivity index (χ0n) is 6.26. The monoisotopic (exact) mass is 157 g/mol. The Morgan fingerprint density at radius 2 is 2.10 bits per heavy atom. The van der Waals surface area contributed by atoms with Gasteiger partial charge < -0.3 is 0 Å². The molecule has 1 nitrogen and oxygen atoms in total. The van der Waals surface area contributed by atoms with Gasteiger partial charge in [-0.25, -0.2) is 4.84 Å². The molecule has 1 rings (SSSR count). The van der Waals surface area contributed by atoms with Crippen molar-refractivity contribution in [1.29, 1.82) is 0 Å². The molecule has 56 valence electrons. The number of nitrogens with one attached hydrogen (secondary N) is 1. The van der Waals surface area contributed by atoms with Crippen molar-refractivity contribution in [3.8, 4) is 0 Å². The predicted molar refractivity (Wildman–Crippen MR) is 44.8 cm³/mol. The quantitative estimate of drug-likeness (QED) is 0.576. The van der Waals surface area contributed by atoms with Crippen LogP contribution in [0.5, 0.6) is 0 Å². The standard InChI is InChI=1S/C8H12ClN/c1-8(2)6-4-3-5-7(8)10-9/h3-7,10H,1-2H3. The number of rotatable bonds is 1. The average Bonchev–Trinajstić information content (AvgIpc) is 1.87. The lowest BCUT2D eigenvalue weighted by Gasteiger charge is -2.29. The first-order valence-corrected chi connectivity index (χ1v) is 3.77. The van der Waals surface area contributed by atoms with Crippen molar-refractivity contribution >= 4 is 11.8 Å².